The average molecular weight is 254 g/mol. The lowest BCUT2D eigenvalue weighted by Gasteiger charge is -2.27. The van der Waals surface area contributed by atoms with Crippen LogP contribution in [-0.4, -0.2) is 46.8 Å². The van der Waals surface area contributed by atoms with Crippen molar-refractivity contribution in [3.05, 3.63) is 0 Å². The van der Waals surface area contributed by atoms with Crippen molar-refractivity contribution in [1.29, 1.82) is 0 Å². The molecular weight excluding hydrogens is 237 g/mol. The number of hydrogen-bond acceptors (Lipinski definition) is 3. The molecule has 1 saturated heterocycles. The molecule has 0 aromatic rings. The second-order valence-electron chi connectivity index (χ2n) is 4.81. The van der Waals surface area contributed by atoms with Gasteiger partial charge >= 0.3 is 6.18 Å². The highest BCUT2D eigenvalue weighted by molar-refractivity contribution is 5.82. The number of likely N-dealkylation sites (tertiary alicyclic amines) is 1. The summed E-state index contributed by atoms with van der Waals surface area (Å²) >= 11 is 0. The molecule has 1 amide bonds. The number of amides is 1. The van der Waals surface area contributed by atoms with Gasteiger partial charge in [-0.05, 0) is 5.92 Å². The molecule has 1 fully saturated rings. The predicted octanol–water partition coefficient (Wildman–Crippen LogP) is 0.495. The molecule has 1 rings (SSSR count). The van der Waals surface area contributed by atoms with E-state index in [2.05, 4.69) is 0 Å². The van der Waals surface area contributed by atoms with Gasteiger partial charge < -0.3 is 15.7 Å². The van der Waals surface area contributed by atoms with Crippen LogP contribution in [0.2, 0.25) is 0 Å². The van der Waals surface area contributed by atoms with Crippen molar-refractivity contribution in [2.75, 3.05) is 13.1 Å². The second-order valence-corrected chi connectivity index (χ2v) is 4.81. The maximum Gasteiger partial charge on any atom is 0.419 e. The molecule has 0 saturated carbocycles. The summed E-state index contributed by atoms with van der Waals surface area (Å²) in [4.78, 5) is 12.7. The monoisotopic (exact) mass is 254 g/mol. The molecule has 0 spiro atoms. The van der Waals surface area contributed by atoms with Gasteiger partial charge in [0.05, 0.1) is 12.6 Å². The molecule has 0 aromatic carbocycles. The van der Waals surface area contributed by atoms with Gasteiger partial charge in [0.2, 0.25) is 5.91 Å². The van der Waals surface area contributed by atoms with Crippen LogP contribution in [-0.2, 0) is 4.79 Å². The maximum atomic E-state index is 12.5. The van der Waals surface area contributed by atoms with Crippen molar-refractivity contribution in [1.82, 2.24) is 4.90 Å². The van der Waals surface area contributed by atoms with E-state index in [1.165, 1.54) is 0 Å². The van der Waals surface area contributed by atoms with Crippen molar-refractivity contribution in [2.24, 2.45) is 11.7 Å². The zero-order chi connectivity index (χ0) is 13.4. The molecule has 1 aliphatic rings. The van der Waals surface area contributed by atoms with Gasteiger partial charge in [-0.1, -0.05) is 13.8 Å². The van der Waals surface area contributed by atoms with E-state index in [4.69, 9.17) is 5.73 Å². The molecule has 1 aliphatic heterocycles. The summed E-state index contributed by atoms with van der Waals surface area (Å²) in [5, 5.41) is 9.41. The molecule has 100 valence electrons. The second kappa shape index (κ2) is 4.45. The Bertz CT molecular complexity index is 306. The van der Waals surface area contributed by atoms with Crippen molar-refractivity contribution in [3.8, 4) is 0 Å². The highest BCUT2D eigenvalue weighted by Crippen LogP contribution is 2.37. The Morgan fingerprint density at radius 3 is 2.35 bits per heavy atom. The van der Waals surface area contributed by atoms with Crippen LogP contribution in [0, 0.1) is 5.92 Å². The van der Waals surface area contributed by atoms with Gasteiger partial charge in [0.15, 0.2) is 5.60 Å². The first-order valence-electron chi connectivity index (χ1n) is 5.42. The van der Waals surface area contributed by atoms with Crippen molar-refractivity contribution >= 4 is 5.91 Å². The molecule has 3 N–H and O–H groups in total. The number of nitrogens with zero attached hydrogens (tertiary/aromatic N) is 1. The number of carbonyl (C=O) groups is 1. The van der Waals surface area contributed by atoms with E-state index in [-0.39, 0.29) is 12.5 Å². The van der Waals surface area contributed by atoms with Gasteiger partial charge in [-0.2, -0.15) is 13.2 Å². The summed E-state index contributed by atoms with van der Waals surface area (Å²) < 4.78 is 37.6. The minimum Gasteiger partial charge on any atom is -0.379 e. The zero-order valence-corrected chi connectivity index (χ0v) is 9.79. The minimum atomic E-state index is -4.72. The SMILES string of the molecule is CC(C)C(N)C(=O)N1CCC(O)(C(F)(F)F)C1. The number of rotatable bonds is 2. The fourth-order valence-electron chi connectivity index (χ4n) is 1.71. The first kappa shape index (κ1) is 14.2. The number of aliphatic hydroxyl groups is 1. The Morgan fingerprint density at radius 1 is 1.47 bits per heavy atom. The summed E-state index contributed by atoms with van der Waals surface area (Å²) in [6.45, 7) is 2.59. The van der Waals surface area contributed by atoms with Crippen molar-refractivity contribution in [2.45, 2.75) is 38.1 Å². The van der Waals surface area contributed by atoms with E-state index < -0.39 is 36.7 Å². The average Bonchev–Trinajstić information content (AvgIpc) is 2.59. The lowest BCUT2D eigenvalue weighted by molar-refractivity contribution is -0.253. The van der Waals surface area contributed by atoms with Gasteiger partial charge in [0.25, 0.3) is 0 Å². The highest BCUT2D eigenvalue weighted by atomic mass is 19.4. The minimum absolute atomic E-state index is 0.116. The van der Waals surface area contributed by atoms with Crippen molar-refractivity contribution < 1.29 is 23.1 Å². The van der Waals surface area contributed by atoms with E-state index in [9.17, 15) is 23.1 Å². The number of β-amino-alcohol motifs (C(OH)–C–C–N with tert-alkyl or cyclic N) is 1. The van der Waals surface area contributed by atoms with Crippen molar-refractivity contribution in [3.63, 3.8) is 0 Å². The van der Waals surface area contributed by atoms with Crippen LogP contribution in [0.5, 0.6) is 0 Å². The molecule has 4 nitrogen and oxygen atoms in total. The molecule has 7 heteroatoms. The summed E-state index contributed by atoms with van der Waals surface area (Å²) in [6.07, 6.45) is -5.21. The lowest BCUT2D eigenvalue weighted by Crippen LogP contribution is -2.51. The quantitative estimate of drug-likeness (QED) is 0.754. The molecule has 2 unspecified atom stereocenters. The Kier molecular flexibility index (Phi) is 3.73. The van der Waals surface area contributed by atoms with E-state index in [1.54, 1.807) is 13.8 Å². The molecule has 2 atom stereocenters. The maximum absolute atomic E-state index is 12.5. The summed E-state index contributed by atoms with van der Waals surface area (Å²) in [6, 6.07) is -0.828. The van der Waals surface area contributed by atoms with E-state index >= 15 is 0 Å². The standard InChI is InChI=1S/C10H17F3N2O2/c1-6(2)7(14)8(16)15-4-3-9(17,5-15)10(11,12)13/h6-7,17H,3-5,14H2,1-2H3. The molecule has 0 bridgehead atoms. The Morgan fingerprint density at radius 2 is 2.00 bits per heavy atom. The molecule has 17 heavy (non-hydrogen) atoms. The smallest absolute Gasteiger partial charge is 0.379 e. The predicted molar refractivity (Wildman–Crippen MR) is 55.0 cm³/mol. The fraction of sp³-hybridized carbons (Fsp3) is 0.900. The van der Waals surface area contributed by atoms with Gasteiger partial charge in [-0.15, -0.1) is 0 Å². The Labute approximate surface area is 97.6 Å². The largest absolute Gasteiger partial charge is 0.419 e. The van der Waals surface area contributed by atoms with Gasteiger partial charge in [0.1, 0.15) is 0 Å². The molecule has 0 radical (unpaired) electrons. The number of halogens is 3. The number of nitrogens with two attached hydrogens (primary N) is 1. The van der Waals surface area contributed by atoms with Crippen LogP contribution >= 0.6 is 0 Å². The third-order valence-corrected chi connectivity index (χ3v) is 3.09. The van der Waals surface area contributed by atoms with Crippen LogP contribution in [0.3, 0.4) is 0 Å². The van der Waals surface area contributed by atoms with Crippen LogP contribution < -0.4 is 5.73 Å². The van der Waals surface area contributed by atoms with Crippen LogP contribution in [0.15, 0.2) is 0 Å². The van der Waals surface area contributed by atoms with Gasteiger partial charge in [-0.3, -0.25) is 4.79 Å². The summed E-state index contributed by atoms with van der Waals surface area (Å²) in [5.41, 5.74) is 2.79. The van der Waals surface area contributed by atoms with Crippen LogP contribution in [0.4, 0.5) is 13.2 Å². The lowest BCUT2D eigenvalue weighted by atomic mass is 10.0. The normalized spacial score (nSPS) is 27.6. The fourth-order valence-corrected chi connectivity index (χ4v) is 1.71. The third kappa shape index (κ3) is 2.71. The molecule has 1 heterocycles. The zero-order valence-electron chi connectivity index (χ0n) is 9.79. The Hall–Kier alpha value is -0.820. The number of alkyl halides is 3. The molecular formula is C10H17F3N2O2. The number of hydrogen-bond donors (Lipinski definition) is 2. The Balaban J connectivity index is 2.71. The summed E-state index contributed by atoms with van der Waals surface area (Å²) in [5.74, 6) is -0.692. The first-order valence-corrected chi connectivity index (χ1v) is 5.42. The topological polar surface area (TPSA) is 66.6 Å². The van der Waals surface area contributed by atoms with Crippen LogP contribution in [0.1, 0.15) is 20.3 Å². The van der Waals surface area contributed by atoms with E-state index in [0.29, 0.717) is 0 Å². The van der Waals surface area contributed by atoms with E-state index in [0.717, 1.165) is 4.90 Å². The third-order valence-electron chi connectivity index (χ3n) is 3.09. The number of carbonyl (C=O) groups excluding carboxylic acids is 1. The van der Waals surface area contributed by atoms with Crippen LogP contribution in [0.25, 0.3) is 0 Å². The van der Waals surface area contributed by atoms with E-state index in [1.807, 2.05) is 0 Å². The molecule has 0 aromatic heterocycles. The summed E-state index contributed by atoms with van der Waals surface area (Å²) in [7, 11) is 0. The van der Waals surface area contributed by atoms with Gasteiger partial charge in [-0.25, -0.2) is 0 Å². The highest BCUT2D eigenvalue weighted by Gasteiger charge is 2.58. The molecule has 0 aliphatic carbocycles. The first-order chi connectivity index (χ1) is 7.58. The van der Waals surface area contributed by atoms with Gasteiger partial charge in [0, 0.05) is 13.0 Å².